The second-order valence-corrected chi connectivity index (χ2v) is 12.2. The largest absolute Gasteiger partial charge is 0.481 e. The Kier molecular flexibility index (Phi) is 22.4. The van der Waals surface area contributed by atoms with Gasteiger partial charge in [-0.15, -0.1) is 0 Å². The summed E-state index contributed by atoms with van der Waals surface area (Å²) in [5.41, 5.74) is 0. The molecule has 1 atom stereocenters. The van der Waals surface area contributed by atoms with E-state index < -0.39 is 18.0 Å². The van der Waals surface area contributed by atoms with Gasteiger partial charge in [0.1, 0.15) is 12.3 Å². The Morgan fingerprint density at radius 3 is 1.55 bits per heavy atom. The maximum Gasteiger partial charge on any atom is 0.326 e. The SMILES string of the molecule is O=CCC[C@H](NC(=O)C1CCC(CNC(=O)CCCCCCCCCCCCCCCCCCC(=O)O)CC1)C(=O)O. The first-order valence-electron chi connectivity index (χ1n) is 16.8. The molecular weight excluding hydrogens is 536 g/mol. The molecule has 0 aliphatic heterocycles. The van der Waals surface area contributed by atoms with Crippen LogP contribution >= 0.6 is 0 Å². The predicted octanol–water partition coefficient (Wildman–Crippen LogP) is 6.56. The molecule has 1 rings (SSSR count). The van der Waals surface area contributed by atoms with E-state index in [1.807, 2.05) is 0 Å². The number of unbranched alkanes of at least 4 members (excludes halogenated alkanes) is 15. The van der Waals surface area contributed by atoms with Crippen LogP contribution < -0.4 is 10.6 Å². The first-order chi connectivity index (χ1) is 20.3. The van der Waals surface area contributed by atoms with E-state index in [1.54, 1.807) is 0 Å². The number of amides is 2. The topological polar surface area (TPSA) is 150 Å². The Bertz CT molecular complexity index is 765. The Morgan fingerprint density at radius 1 is 0.667 bits per heavy atom. The maximum absolute atomic E-state index is 12.5. The summed E-state index contributed by atoms with van der Waals surface area (Å²) in [6.45, 7) is 0.638. The van der Waals surface area contributed by atoms with Crippen LogP contribution in [0, 0.1) is 11.8 Å². The van der Waals surface area contributed by atoms with E-state index in [1.165, 1.54) is 70.6 Å². The second kappa shape index (κ2) is 25.1. The quantitative estimate of drug-likeness (QED) is 0.0621. The van der Waals surface area contributed by atoms with Crippen molar-refractivity contribution in [3.05, 3.63) is 0 Å². The molecule has 0 bridgehead atoms. The van der Waals surface area contributed by atoms with Crippen molar-refractivity contribution in [2.45, 2.75) is 160 Å². The van der Waals surface area contributed by atoms with Gasteiger partial charge in [-0.2, -0.15) is 0 Å². The summed E-state index contributed by atoms with van der Waals surface area (Å²) < 4.78 is 0. The average molecular weight is 595 g/mol. The van der Waals surface area contributed by atoms with E-state index in [-0.39, 0.29) is 30.6 Å². The molecule has 9 heteroatoms. The van der Waals surface area contributed by atoms with Crippen LogP contribution in [-0.4, -0.2) is 52.8 Å². The highest BCUT2D eigenvalue weighted by molar-refractivity contribution is 5.85. The molecule has 42 heavy (non-hydrogen) atoms. The van der Waals surface area contributed by atoms with Gasteiger partial charge in [-0.1, -0.05) is 89.9 Å². The molecule has 0 radical (unpaired) electrons. The molecule has 9 nitrogen and oxygen atoms in total. The van der Waals surface area contributed by atoms with Crippen LogP contribution in [0.15, 0.2) is 0 Å². The fourth-order valence-corrected chi connectivity index (χ4v) is 5.79. The van der Waals surface area contributed by atoms with Gasteiger partial charge in [-0.25, -0.2) is 4.79 Å². The molecule has 0 aromatic heterocycles. The molecule has 1 fully saturated rings. The molecule has 0 saturated heterocycles. The van der Waals surface area contributed by atoms with Gasteiger partial charge in [0.2, 0.25) is 11.8 Å². The van der Waals surface area contributed by atoms with E-state index >= 15 is 0 Å². The lowest BCUT2D eigenvalue weighted by Crippen LogP contribution is -2.44. The fourth-order valence-electron chi connectivity index (χ4n) is 5.79. The maximum atomic E-state index is 12.5. The van der Waals surface area contributed by atoms with Gasteiger partial charge in [0.05, 0.1) is 0 Å². The summed E-state index contributed by atoms with van der Waals surface area (Å²) in [6, 6.07) is -1.02. The monoisotopic (exact) mass is 594 g/mol. The number of rotatable bonds is 27. The highest BCUT2D eigenvalue weighted by Crippen LogP contribution is 2.28. The zero-order valence-electron chi connectivity index (χ0n) is 25.9. The Labute approximate surface area is 253 Å². The predicted molar refractivity (Wildman–Crippen MR) is 164 cm³/mol. The van der Waals surface area contributed by atoms with Crippen molar-refractivity contribution < 1.29 is 34.2 Å². The van der Waals surface area contributed by atoms with Gasteiger partial charge in [0.15, 0.2) is 0 Å². The summed E-state index contributed by atoms with van der Waals surface area (Å²) in [5, 5.41) is 23.5. The molecule has 2 amide bonds. The summed E-state index contributed by atoms with van der Waals surface area (Å²) in [7, 11) is 0. The Hall–Kier alpha value is -2.45. The van der Waals surface area contributed by atoms with Gasteiger partial charge in [0, 0.05) is 31.7 Å². The molecule has 4 N–H and O–H groups in total. The Morgan fingerprint density at radius 2 is 1.12 bits per heavy atom. The van der Waals surface area contributed by atoms with Crippen molar-refractivity contribution >= 4 is 30.0 Å². The first kappa shape index (κ1) is 37.6. The number of carbonyl (C=O) groups is 5. The van der Waals surface area contributed by atoms with Gasteiger partial charge in [-0.05, 0) is 50.9 Å². The fraction of sp³-hybridized carbons (Fsp3) is 0.848. The van der Waals surface area contributed by atoms with Crippen molar-refractivity contribution in [1.29, 1.82) is 0 Å². The second-order valence-electron chi connectivity index (χ2n) is 12.2. The van der Waals surface area contributed by atoms with Gasteiger partial charge in [-0.3, -0.25) is 14.4 Å². The number of carbonyl (C=O) groups excluding carboxylic acids is 3. The summed E-state index contributed by atoms with van der Waals surface area (Å²) in [4.78, 5) is 57.0. The van der Waals surface area contributed by atoms with Crippen LogP contribution in [0.1, 0.15) is 154 Å². The normalized spacial score (nSPS) is 17.3. The van der Waals surface area contributed by atoms with Crippen LogP contribution in [0.5, 0.6) is 0 Å². The number of aliphatic carboxylic acids is 2. The lowest BCUT2D eigenvalue weighted by Gasteiger charge is -2.28. The molecular formula is C33H58N2O7. The van der Waals surface area contributed by atoms with Crippen molar-refractivity contribution in [3.63, 3.8) is 0 Å². The highest BCUT2D eigenvalue weighted by Gasteiger charge is 2.29. The van der Waals surface area contributed by atoms with E-state index in [2.05, 4.69) is 10.6 Å². The Balaban J connectivity index is 1.91. The molecule has 0 aromatic carbocycles. The van der Waals surface area contributed by atoms with Crippen molar-refractivity contribution in [3.8, 4) is 0 Å². The summed E-state index contributed by atoms with van der Waals surface area (Å²) in [5.74, 6) is -1.80. The van der Waals surface area contributed by atoms with E-state index in [0.717, 1.165) is 44.9 Å². The van der Waals surface area contributed by atoms with Crippen LogP contribution in [-0.2, 0) is 24.0 Å². The smallest absolute Gasteiger partial charge is 0.326 e. The minimum atomic E-state index is -1.12. The average Bonchev–Trinajstić information content (AvgIpc) is 2.97. The molecule has 242 valence electrons. The van der Waals surface area contributed by atoms with E-state index in [0.29, 0.717) is 44.4 Å². The standard InChI is InChI=1S/C33H58N2O7/c36-25-17-18-29(33(41)42)35-32(40)28-23-21-27(22-24-28)26-34-30(37)19-15-13-11-9-7-5-3-1-2-4-6-8-10-12-14-16-20-31(38)39/h25,27-29H,1-24,26H2,(H,34,37)(H,35,40)(H,38,39)(H,41,42)/t27?,28?,29-/m0/s1. The van der Waals surface area contributed by atoms with Crippen LogP contribution in [0.3, 0.4) is 0 Å². The van der Waals surface area contributed by atoms with E-state index in [4.69, 9.17) is 5.11 Å². The number of hydrogen-bond acceptors (Lipinski definition) is 5. The van der Waals surface area contributed by atoms with Crippen LogP contribution in [0.4, 0.5) is 0 Å². The molecule has 0 spiro atoms. The van der Waals surface area contributed by atoms with E-state index in [9.17, 15) is 29.1 Å². The summed E-state index contributed by atoms with van der Waals surface area (Å²) >= 11 is 0. The summed E-state index contributed by atoms with van der Waals surface area (Å²) in [6.07, 6.45) is 23.9. The zero-order chi connectivity index (χ0) is 30.8. The third-order valence-electron chi connectivity index (χ3n) is 8.54. The van der Waals surface area contributed by atoms with Gasteiger partial charge < -0.3 is 25.6 Å². The molecule has 1 aliphatic carbocycles. The number of aldehydes is 1. The minimum Gasteiger partial charge on any atom is -0.481 e. The van der Waals surface area contributed by atoms with Crippen molar-refractivity contribution in [1.82, 2.24) is 10.6 Å². The van der Waals surface area contributed by atoms with Crippen LogP contribution in [0.25, 0.3) is 0 Å². The number of carboxylic acids is 2. The number of nitrogens with one attached hydrogen (secondary N) is 2. The zero-order valence-corrected chi connectivity index (χ0v) is 25.9. The molecule has 1 aliphatic rings. The van der Waals surface area contributed by atoms with Crippen molar-refractivity contribution in [2.24, 2.45) is 11.8 Å². The third kappa shape index (κ3) is 20.4. The number of carboxylic acid groups (broad SMARTS) is 2. The minimum absolute atomic E-state index is 0.104. The molecule has 1 saturated carbocycles. The first-order valence-corrected chi connectivity index (χ1v) is 16.8. The van der Waals surface area contributed by atoms with Gasteiger partial charge >= 0.3 is 11.9 Å². The van der Waals surface area contributed by atoms with Gasteiger partial charge in [0.25, 0.3) is 0 Å². The molecule has 0 aromatic rings. The number of hydrogen-bond donors (Lipinski definition) is 4. The van der Waals surface area contributed by atoms with Crippen LogP contribution in [0.2, 0.25) is 0 Å². The highest BCUT2D eigenvalue weighted by atomic mass is 16.4. The molecule has 0 unspecified atom stereocenters. The van der Waals surface area contributed by atoms with Crippen molar-refractivity contribution in [2.75, 3.05) is 6.54 Å². The lowest BCUT2D eigenvalue weighted by molar-refractivity contribution is -0.143. The lowest BCUT2D eigenvalue weighted by atomic mass is 9.81. The third-order valence-corrected chi connectivity index (χ3v) is 8.54. The molecule has 0 heterocycles.